The van der Waals surface area contributed by atoms with Crippen LogP contribution in [0.25, 0.3) is 0 Å². The van der Waals surface area contributed by atoms with Crippen molar-refractivity contribution in [1.82, 2.24) is 9.55 Å². The minimum Gasteiger partial charge on any atom is -0.390 e. The quantitative estimate of drug-likeness (QED) is 0.621. The SMILES string of the molecule is CCC(ON)[C@H]1O[C@@H](n2cc(C)c(=O)[nH]c2=O)C[C@@H]1O. The van der Waals surface area contributed by atoms with Crippen molar-refractivity contribution in [3.63, 3.8) is 0 Å². The Hall–Kier alpha value is -1.48. The summed E-state index contributed by atoms with van der Waals surface area (Å²) < 4.78 is 6.93. The second-order valence-electron chi connectivity index (χ2n) is 4.92. The van der Waals surface area contributed by atoms with Gasteiger partial charge in [0.05, 0.1) is 6.10 Å². The molecule has 1 fully saturated rings. The molecule has 4 N–H and O–H groups in total. The summed E-state index contributed by atoms with van der Waals surface area (Å²) in [4.78, 5) is 30.1. The first-order valence-electron chi connectivity index (χ1n) is 6.49. The molecule has 1 aliphatic heterocycles. The van der Waals surface area contributed by atoms with Gasteiger partial charge in [0.2, 0.25) is 0 Å². The van der Waals surface area contributed by atoms with E-state index in [0.29, 0.717) is 12.0 Å². The van der Waals surface area contributed by atoms with Crippen molar-refractivity contribution in [2.45, 2.75) is 51.2 Å². The van der Waals surface area contributed by atoms with E-state index in [-0.39, 0.29) is 6.42 Å². The van der Waals surface area contributed by atoms with Gasteiger partial charge in [0.15, 0.2) is 0 Å². The lowest BCUT2D eigenvalue weighted by Gasteiger charge is -2.22. The van der Waals surface area contributed by atoms with Crippen LogP contribution in [0.2, 0.25) is 0 Å². The van der Waals surface area contributed by atoms with Gasteiger partial charge in [0.25, 0.3) is 5.56 Å². The van der Waals surface area contributed by atoms with Gasteiger partial charge in [-0.05, 0) is 13.3 Å². The molecule has 0 bridgehead atoms. The largest absolute Gasteiger partial charge is 0.390 e. The van der Waals surface area contributed by atoms with E-state index >= 15 is 0 Å². The van der Waals surface area contributed by atoms with Gasteiger partial charge in [-0.25, -0.2) is 10.7 Å². The number of aromatic amines is 1. The Labute approximate surface area is 115 Å². The van der Waals surface area contributed by atoms with Crippen molar-refractivity contribution >= 4 is 0 Å². The van der Waals surface area contributed by atoms with Gasteiger partial charge < -0.3 is 9.84 Å². The number of aryl methyl sites for hydroxylation is 1. The molecule has 0 radical (unpaired) electrons. The molecule has 1 aromatic heterocycles. The van der Waals surface area contributed by atoms with Crippen molar-refractivity contribution in [1.29, 1.82) is 0 Å². The van der Waals surface area contributed by atoms with Gasteiger partial charge in [-0.1, -0.05) is 6.92 Å². The van der Waals surface area contributed by atoms with Crippen molar-refractivity contribution in [2.24, 2.45) is 5.90 Å². The third-order valence-electron chi connectivity index (χ3n) is 3.54. The lowest BCUT2D eigenvalue weighted by Crippen LogP contribution is -2.38. The summed E-state index contributed by atoms with van der Waals surface area (Å²) in [6, 6.07) is 0. The molecule has 20 heavy (non-hydrogen) atoms. The average Bonchev–Trinajstić information content (AvgIpc) is 2.78. The molecule has 1 aliphatic rings. The van der Waals surface area contributed by atoms with E-state index in [2.05, 4.69) is 4.98 Å². The molecule has 8 heteroatoms. The van der Waals surface area contributed by atoms with Crippen LogP contribution in [0.15, 0.2) is 15.8 Å². The smallest absolute Gasteiger partial charge is 0.330 e. The molecular formula is C12H19N3O5. The van der Waals surface area contributed by atoms with Crippen molar-refractivity contribution in [2.75, 3.05) is 0 Å². The van der Waals surface area contributed by atoms with Gasteiger partial charge in [-0.3, -0.25) is 19.2 Å². The van der Waals surface area contributed by atoms with Gasteiger partial charge in [-0.2, -0.15) is 0 Å². The lowest BCUT2D eigenvalue weighted by molar-refractivity contribution is -0.110. The van der Waals surface area contributed by atoms with Crippen LogP contribution in [-0.4, -0.2) is 33.0 Å². The highest BCUT2D eigenvalue weighted by Gasteiger charge is 2.40. The van der Waals surface area contributed by atoms with Crippen LogP contribution in [0, 0.1) is 6.92 Å². The maximum absolute atomic E-state index is 11.8. The summed E-state index contributed by atoms with van der Waals surface area (Å²) in [7, 11) is 0. The Balaban J connectivity index is 2.26. The molecule has 0 spiro atoms. The number of aliphatic hydroxyl groups excluding tert-OH is 1. The van der Waals surface area contributed by atoms with Crippen LogP contribution < -0.4 is 17.1 Å². The van der Waals surface area contributed by atoms with Gasteiger partial charge in [0, 0.05) is 18.2 Å². The van der Waals surface area contributed by atoms with E-state index < -0.39 is 35.8 Å². The normalized spacial score (nSPS) is 27.7. The molecule has 2 rings (SSSR count). The summed E-state index contributed by atoms with van der Waals surface area (Å²) in [5, 5.41) is 10.0. The highest BCUT2D eigenvalue weighted by molar-refractivity contribution is 5.02. The Kier molecular flexibility index (Phi) is 4.39. The third-order valence-corrected chi connectivity index (χ3v) is 3.54. The molecule has 0 aliphatic carbocycles. The number of hydrogen-bond donors (Lipinski definition) is 3. The summed E-state index contributed by atoms with van der Waals surface area (Å²) in [6.45, 7) is 3.45. The Morgan fingerprint density at radius 1 is 1.65 bits per heavy atom. The zero-order chi connectivity index (χ0) is 14.9. The number of nitrogens with two attached hydrogens (primary N) is 1. The minimum absolute atomic E-state index is 0.232. The maximum atomic E-state index is 11.8. The van der Waals surface area contributed by atoms with E-state index in [1.165, 1.54) is 10.8 Å². The van der Waals surface area contributed by atoms with Crippen molar-refractivity contribution in [3.05, 3.63) is 32.6 Å². The third kappa shape index (κ3) is 2.68. The van der Waals surface area contributed by atoms with Gasteiger partial charge in [0.1, 0.15) is 18.4 Å². The summed E-state index contributed by atoms with van der Waals surface area (Å²) in [6.07, 6.45) is -0.260. The molecule has 1 saturated heterocycles. The van der Waals surface area contributed by atoms with E-state index in [4.69, 9.17) is 15.5 Å². The molecule has 8 nitrogen and oxygen atoms in total. The number of nitrogens with zero attached hydrogens (tertiary/aromatic N) is 1. The van der Waals surface area contributed by atoms with Crippen LogP contribution in [0.3, 0.4) is 0 Å². The van der Waals surface area contributed by atoms with E-state index in [0.717, 1.165) is 0 Å². The zero-order valence-electron chi connectivity index (χ0n) is 11.4. The van der Waals surface area contributed by atoms with E-state index in [1.807, 2.05) is 6.92 Å². The Morgan fingerprint density at radius 2 is 2.35 bits per heavy atom. The molecular weight excluding hydrogens is 266 g/mol. The highest BCUT2D eigenvalue weighted by Crippen LogP contribution is 2.30. The predicted octanol–water partition coefficient (Wildman–Crippen LogP) is -0.838. The average molecular weight is 285 g/mol. The van der Waals surface area contributed by atoms with Crippen molar-refractivity contribution < 1.29 is 14.7 Å². The van der Waals surface area contributed by atoms with Crippen LogP contribution in [0.1, 0.15) is 31.6 Å². The molecule has 2 heterocycles. The molecule has 0 saturated carbocycles. The molecule has 0 amide bonds. The molecule has 1 aromatic rings. The summed E-state index contributed by atoms with van der Waals surface area (Å²) in [5.41, 5.74) is -0.605. The minimum atomic E-state index is -0.785. The predicted molar refractivity (Wildman–Crippen MR) is 69.9 cm³/mol. The van der Waals surface area contributed by atoms with Crippen LogP contribution in [-0.2, 0) is 9.57 Å². The molecule has 1 unspecified atom stereocenters. The fourth-order valence-corrected chi connectivity index (χ4v) is 2.39. The standard InChI is InChI=1S/C12H19N3O5/c1-3-8(20-13)10-7(16)4-9(19-10)15-5-6(2)11(17)14-12(15)18/h5,7-10,16H,3-4,13H2,1-2H3,(H,14,17,18)/t7-,8?,9+,10-/m0/s1. The van der Waals surface area contributed by atoms with Crippen LogP contribution >= 0.6 is 0 Å². The zero-order valence-corrected chi connectivity index (χ0v) is 11.4. The number of aliphatic hydroxyl groups is 1. The van der Waals surface area contributed by atoms with E-state index in [1.54, 1.807) is 6.92 Å². The maximum Gasteiger partial charge on any atom is 0.330 e. The number of ether oxygens (including phenoxy) is 1. The van der Waals surface area contributed by atoms with Gasteiger partial charge >= 0.3 is 5.69 Å². The second-order valence-corrected chi connectivity index (χ2v) is 4.92. The first kappa shape index (κ1) is 14.9. The number of rotatable bonds is 4. The lowest BCUT2D eigenvalue weighted by atomic mass is 10.1. The first-order chi connectivity index (χ1) is 9.47. The second kappa shape index (κ2) is 5.88. The number of aromatic nitrogens is 2. The van der Waals surface area contributed by atoms with Crippen LogP contribution in [0.5, 0.6) is 0 Å². The molecule has 112 valence electrons. The number of hydrogen-bond acceptors (Lipinski definition) is 6. The Morgan fingerprint density at radius 3 is 2.95 bits per heavy atom. The topological polar surface area (TPSA) is 120 Å². The highest BCUT2D eigenvalue weighted by atomic mass is 16.6. The summed E-state index contributed by atoms with van der Waals surface area (Å²) in [5.74, 6) is 5.18. The first-order valence-corrected chi connectivity index (χ1v) is 6.49. The molecule has 0 aromatic carbocycles. The van der Waals surface area contributed by atoms with E-state index in [9.17, 15) is 14.7 Å². The van der Waals surface area contributed by atoms with Crippen molar-refractivity contribution in [3.8, 4) is 0 Å². The number of H-pyrrole nitrogens is 1. The number of nitrogens with one attached hydrogen (secondary N) is 1. The Bertz CT molecular complexity index is 577. The molecule has 4 atom stereocenters. The summed E-state index contributed by atoms with van der Waals surface area (Å²) >= 11 is 0. The van der Waals surface area contributed by atoms with Gasteiger partial charge in [-0.15, -0.1) is 0 Å². The monoisotopic (exact) mass is 285 g/mol. The fourth-order valence-electron chi connectivity index (χ4n) is 2.39. The fraction of sp³-hybridized carbons (Fsp3) is 0.667. The van der Waals surface area contributed by atoms with Crippen LogP contribution in [0.4, 0.5) is 0 Å².